The fourth-order valence-electron chi connectivity index (χ4n) is 3.60. The van der Waals surface area contributed by atoms with Gasteiger partial charge in [-0.2, -0.15) is 0 Å². The minimum atomic E-state index is -0.368. The van der Waals surface area contributed by atoms with Crippen molar-refractivity contribution in [1.29, 1.82) is 0 Å². The van der Waals surface area contributed by atoms with Gasteiger partial charge >= 0.3 is 5.97 Å². The highest BCUT2D eigenvalue weighted by Crippen LogP contribution is 2.23. The zero-order valence-electron chi connectivity index (χ0n) is 17.7. The summed E-state index contributed by atoms with van der Waals surface area (Å²) < 4.78 is 18.5. The molecule has 0 fully saturated rings. The Balaban J connectivity index is 1.81. The predicted molar refractivity (Wildman–Crippen MR) is 118 cm³/mol. The summed E-state index contributed by atoms with van der Waals surface area (Å²) in [6.07, 6.45) is 6.88. The third kappa shape index (κ3) is 7.12. The molecule has 160 valence electrons. The Morgan fingerprint density at radius 2 is 1.57 bits per heavy atom. The molecule has 0 radical (unpaired) electrons. The van der Waals surface area contributed by atoms with E-state index in [0.717, 1.165) is 36.8 Å². The van der Waals surface area contributed by atoms with Crippen LogP contribution in [0.4, 0.5) is 0 Å². The third-order valence-electron chi connectivity index (χ3n) is 5.19. The average Bonchev–Trinajstić information content (AvgIpc) is 2.78. The van der Waals surface area contributed by atoms with E-state index in [1.807, 2.05) is 60.7 Å². The fourth-order valence-corrected chi connectivity index (χ4v) is 3.60. The molecule has 3 atom stereocenters. The van der Waals surface area contributed by atoms with Gasteiger partial charge in [0.1, 0.15) is 18.3 Å². The highest BCUT2D eigenvalue weighted by atomic mass is 16.6. The van der Waals surface area contributed by atoms with Gasteiger partial charge in [0, 0.05) is 6.42 Å². The summed E-state index contributed by atoms with van der Waals surface area (Å²) >= 11 is 0. The summed E-state index contributed by atoms with van der Waals surface area (Å²) in [6.45, 7) is 3.02. The molecule has 0 spiro atoms. The van der Waals surface area contributed by atoms with Crippen LogP contribution in [0.25, 0.3) is 0 Å². The maximum atomic E-state index is 12.3. The number of allylic oxidation sites excluding steroid dienone is 1. The topological polar surface area (TPSA) is 44.8 Å². The quantitative estimate of drug-likeness (QED) is 0.421. The number of hydrogen-bond acceptors (Lipinski definition) is 4. The molecule has 2 aromatic rings. The van der Waals surface area contributed by atoms with Crippen molar-refractivity contribution in [1.82, 2.24) is 0 Å². The first kappa shape index (κ1) is 22.3. The van der Waals surface area contributed by atoms with E-state index in [4.69, 9.17) is 14.2 Å². The van der Waals surface area contributed by atoms with Gasteiger partial charge in [-0.15, -0.1) is 0 Å². The van der Waals surface area contributed by atoms with Crippen molar-refractivity contribution < 1.29 is 19.0 Å². The van der Waals surface area contributed by atoms with Gasteiger partial charge in [-0.05, 0) is 30.4 Å². The molecule has 2 aromatic carbocycles. The lowest BCUT2D eigenvalue weighted by Crippen LogP contribution is -2.43. The van der Waals surface area contributed by atoms with Crippen LogP contribution in [-0.2, 0) is 32.2 Å². The molecule has 0 amide bonds. The second-order valence-electron chi connectivity index (χ2n) is 7.66. The van der Waals surface area contributed by atoms with Crippen LogP contribution in [0.3, 0.4) is 0 Å². The highest BCUT2D eigenvalue weighted by molar-refractivity contribution is 5.69. The second-order valence-corrected chi connectivity index (χ2v) is 7.66. The average molecular weight is 409 g/mol. The summed E-state index contributed by atoms with van der Waals surface area (Å²) in [7, 11) is 0. The Hall–Kier alpha value is -2.43. The van der Waals surface area contributed by atoms with Crippen LogP contribution in [0.1, 0.15) is 50.2 Å². The Labute approximate surface area is 179 Å². The lowest BCUT2D eigenvalue weighted by atomic mass is 10.0. The predicted octanol–water partition coefficient (Wildman–Crippen LogP) is 5.61. The van der Waals surface area contributed by atoms with Gasteiger partial charge in [0.25, 0.3) is 0 Å². The monoisotopic (exact) mass is 408 g/mol. The van der Waals surface area contributed by atoms with E-state index in [0.29, 0.717) is 19.6 Å². The SMILES string of the molecule is CCC[C@H]1OC(=O)CCC/C=C/[C@H](OCc2ccccc2)[C@@H]1OCc1ccccc1. The molecular weight excluding hydrogens is 376 g/mol. The maximum absolute atomic E-state index is 12.3. The molecule has 30 heavy (non-hydrogen) atoms. The molecule has 0 bridgehead atoms. The largest absolute Gasteiger partial charge is 0.459 e. The zero-order valence-corrected chi connectivity index (χ0v) is 17.7. The Morgan fingerprint density at radius 1 is 0.933 bits per heavy atom. The number of cyclic esters (lactones) is 1. The first-order valence-electron chi connectivity index (χ1n) is 10.9. The van der Waals surface area contributed by atoms with Gasteiger partial charge in [-0.1, -0.05) is 86.2 Å². The lowest BCUT2D eigenvalue weighted by molar-refractivity contribution is -0.169. The molecule has 4 nitrogen and oxygen atoms in total. The number of ether oxygens (including phenoxy) is 3. The minimum absolute atomic E-state index is 0.154. The van der Waals surface area contributed by atoms with Gasteiger partial charge in [0.15, 0.2) is 0 Å². The fraction of sp³-hybridized carbons (Fsp3) is 0.423. The van der Waals surface area contributed by atoms with E-state index in [1.165, 1.54) is 0 Å². The van der Waals surface area contributed by atoms with Gasteiger partial charge < -0.3 is 14.2 Å². The highest BCUT2D eigenvalue weighted by Gasteiger charge is 2.33. The molecule has 1 heterocycles. The van der Waals surface area contributed by atoms with Crippen LogP contribution < -0.4 is 0 Å². The molecule has 0 unspecified atom stereocenters. The summed E-state index contributed by atoms with van der Waals surface area (Å²) in [4.78, 5) is 12.3. The van der Waals surface area contributed by atoms with Crippen LogP contribution in [-0.4, -0.2) is 24.3 Å². The molecule has 1 aliphatic rings. The number of rotatable bonds is 8. The van der Waals surface area contributed by atoms with Gasteiger partial charge in [0.05, 0.1) is 13.2 Å². The van der Waals surface area contributed by atoms with Crippen LogP contribution in [0, 0.1) is 0 Å². The van der Waals surface area contributed by atoms with Crippen LogP contribution >= 0.6 is 0 Å². The lowest BCUT2D eigenvalue weighted by Gasteiger charge is -2.32. The van der Waals surface area contributed by atoms with Crippen molar-refractivity contribution >= 4 is 5.97 Å². The van der Waals surface area contributed by atoms with E-state index in [9.17, 15) is 4.79 Å². The number of carbonyl (C=O) groups excluding carboxylic acids is 1. The molecule has 4 heteroatoms. The van der Waals surface area contributed by atoms with Crippen molar-refractivity contribution in [3.8, 4) is 0 Å². The molecule has 0 saturated carbocycles. The molecule has 0 aromatic heterocycles. The van der Waals surface area contributed by atoms with E-state index in [1.54, 1.807) is 0 Å². The van der Waals surface area contributed by atoms with E-state index >= 15 is 0 Å². The first-order chi connectivity index (χ1) is 14.8. The molecular formula is C26H32O4. The Morgan fingerprint density at radius 3 is 2.20 bits per heavy atom. The van der Waals surface area contributed by atoms with Gasteiger partial charge in [-0.3, -0.25) is 4.79 Å². The van der Waals surface area contributed by atoms with Gasteiger partial charge in [0.2, 0.25) is 0 Å². The van der Waals surface area contributed by atoms with Crippen molar-refractivity contribution in [2.75, 3.05) is 0 Å². The number of carbonyl (C=O) groups is 1. The number of esters is 1. The summed E-state index contributed by atoms with van der Waals surface area (Å²) in [6, 6.07) is 20.2. The van der Waals surface area contributed by atoms with Crippen molar-refractivity contribution in [3.63, 3.8) is 0 Å². The Kier molecular flexibility index (Phi) is 9.13. The number of benzene rings is 2. The van der Waals surface area contributed by atoms with Crippen LogP contribution in [0.15, 0.2) is 72.8 Å². The summed E-state index contributed by atoms with van der Waals surface area (Å²) in [5.74, 6) is -0.154. The molecule has 3 rings (SSSR count). The zero-order chi connectivity index (χ0) is 21.0. The maximum Gasteiger partial charge on any atom is 0.306 e. The molecule has 1 aliphatic heterocycles. The second kappa shape index (κ2) is 12.3. The van der Waals surface area contributed by atoms with Crippen LogP contribution in [0.2, 0.25) is 0 Å². The van der Waals surface area contributed by atoms with Crippen molar-refractivity contribution in [3.05, 3.63) is 83.9 Å². The normalized spacial score (nSPS) is 23.5. The first-order valence-corrected chi connectivity index (χ1v) is 10.9. The molecule has 0 aliphatic carbocycles. The molecule has 0 saturated heterocycles. The summed E-state index contributed by atoms with van der Waals surface area (Å²) in [5, 5.41) is 0. The minimum Gasteiger partial charge on any atom is -0.459 e. The summed E-state index contributed by atoms with van der Waals surface area (Å²) in [5.41, 5.74) is 2.19. The smallest absolute Gasteiger partial charge is 0.306 e. The van der Waals surface area contributed by atoms with E-state index in [-0.39, 0.29) is 24.3 Å². The standard InChI is InChI=1S/C26H32O4/c1-2-12-24-26(29-20-22-15-8-4-9-16-22)23(17-10-5-11-18-25(27)30-24)28-19-21-13-6-3-7-14-21/h3-4,6-10,13-17,23-24,26H,2,5,11-12,18-20H2,1H3/b17-10+/t23-,24+,26-/m0/s1. The Bertz CT molecular complexity index is 772. The van der Waals surface area contributed by atoms with Crippen LogP contribution in [0.5, 0.6) is 0 Å². The van der Waals surface area contributed by atoms with Crippen molar-refractivity contribution in [2.45, 2.75) is 70.6 Å². The van der Waals surface area contributed by atoms with Crippen molar-refractivity contribution in [2.24, 2.45) is 0 Å². The van der Waals surface area contributed by atoms with Gasteiger partial charge in [-0.25, -0.2) is 0 Å². The van der Waals surface area contributed by atoms with E-state index < -0.39 is 0 Å². The third-order valence-corrected chi connectivity index (χ3v) is 5.19. The van der Waals surface area contributed by atoms with E-state index in [2.05, 4.69) is 19.1 Å². The number of hydrogen-bond donors (Lipinski definition) is 0. The molecule has 0 N–H and O–H groups in total.